The van der Waals surface area contributed by atoms with Crippen molar-refractivity contribution in [1.82, 2.24) is 0 Å². The average molecular weight is 586 g/mol. The van der Waals surface area contributed by atoms with Gasteiger partial charge in [-0.1, -0.05) is 42.5 Å². The predicted octanol–water partition coefficient (Wildman–Crippen LogP) is 5.85. The monoisotopic (exact) mass is 585 g/mol. The Morgan fingerprint density at radius 1 is 0.886 bits per heavy atom. The third-order valence-electron chi connectivity index (χ3n) is 9.17. The van der Waals surface area contributed by atoms with E-state index in [0.717, 1.165) is 16.8 Å². The van der Waals surface area contributed by atoms with Crippen molar-refractivity contribution in [1.29, 1.82) is 0 Å². The lowest BCUT2D eigenvalue weighted by molar-refractivity contribution is -0.384. The van der Waals surface area contributed by atoms with E-state index in [2.05, 4.69) is 5.32 Å². The fourth-order valence-corrected chi connectivity index (χ4v) is 7.24. The van der Waals surface area contributed by atoms with Gasteiger partial charge in [-0.25, -0.2) is 0 Å². The number of Topliss-reactive ketones (excluding diaryl/α,β-unsaturated/α-hetero) is 2. The molecule has 4 atom stereocenters. The van der Waals surface area contributed by atoms with Crippen LogP contribution in [0.25, 0.3) is 5.57 Å². The minimum Gasteiger partial charge on any atom is -0.497 e. The summed E-state index contributed by atoms with van der Waals surface area (Å²) in [6, 6.07) is 25.2. The number of nitrogens with one attached hydrogen (secondary N) is 1. The largest absolute Gasteiger partial charge is 0.497 e. The maximum absolute atomic E-state index is 14.9. The number of rotatable bonds is 6. The number of nitrogens with zero attached hydrogens (tertiary/aromatic N) is 2. The van der Waals surface area contributed by atoms with Gasteiger partial charge >= 0.3 is 0 Å². The zero-order valence-electron chi connectivity index (χ0n) is 23.9. The minimum absolute atomic E-state index is 0.154. The van der Waals surface area contributed by atoms with E-state index < -0.39 is 34.1 Å². The number of hydrogen-bond acceptors (Lipinski definition) is 7. The number of ether oxygens (including phenoxy) is 1. The van der Waals surface area contributed by atoms with Crippen molar-refractivity contribution in [3.8, 4) is 5.75 Å². The van der Waals surface area contributed by atoms with Crippen LogP contribution in [0, 0.1) is 16.0 Å². The number of para-hydroxylation sites is 2. The molecule has 4 aromatic rings. The quantitative estimate of drug-likeness (QED) is 0.171. The molecule has 44 heavy (non-hydrogen) atoms. The number of hydrogen-bond donors (Lipinski definition) is 1. The Labute approximate surface area is 252 Å². The number of anilines is 2. The number of amides is 1. The van der Waals surface area contributed by atoms with Crippen LogP contribution in [0.4, 0.5) is 17.1 Å². The molecule has 0 radical (unpaired) electrons. The number of non-ortho nitro benzene ring substituents is 1. The Morgan fingerprint density at radius 2 is 1.52 bits per heavy atom. The number of nitro benzene ring substituents is 1. The molecule has 3 heterocycles. The van der Waals surface area contributed by atoms with Gasteiger partial charge in [-0.2, -0.15) is 0 Å². The number of fused-ring (bicyclic) bond motifs is 6. The zero-order chi connectivity index (χ0) is 30.7. The molecule has 9 heteroatoms. The summed E-state index contributed by atoms with van der Waals surface area (Å²) in [5.41, 5.74) is 2.74. The second kappa shape index (κ2) is 10.0. The Balaban J connectivity index is 1.52. The minimum atomic E-state index is -1.45. The zero-order valence-corrected chi connectivity index (χ0v) is 23.9. The molecule has 1 saturated heterocycles. The third-order valence-corrected chi connectivity index (χ3v) is 9.17. The lowest BCUT2D eigenvalue weighted by Gasteiger charge is -2.39. The molecule has 3 aliphatic rings. The standard InChI is InChI=1S/C35H27N3O6/c1-20-19-29-35(26-8-4-5-9-27(26)36-34(35)41)30(32(39)21-13-17-24(44-2)18-14-21)31(37(29)28-10-6-3-7-25(20)28)33(40)22-11-15-23(16-12-22)38(42)43/h3-19,29-31H,1-2H3,(H,36,41)/t29-,30+,31+,35-/m1/s1. The van der Waals surface area contributed by atoms with E-state index in [4.69, 9.17) is 4.74 Å². The Morgan fingerprint density at radius 3 is 2.23 bits per heavy atom. The molecule has 1 amide bonds. The summed E-state index contributed by atoms with van der Waals surface area (Å²) in [4.78, 5) is 56.9. The van der Waals surface area contributed by atoms with Gasteiger partial charge in [-0.3, -0.25) is 24.5 Å². The van der Waals surface area contributed by atoms with Crippen LogP contribution in [0.3, 0.4) is 0 Å². The summed E-state index contributed by atoms with van der Waals surface area (Å²) < 4.78 is 5.31. The van der Waals surface area contributed by atoms with Crippen LogP contribution in [-0.4, -0.2) is 41.6 Å². The van der Waals surface area contributed by atoms with Gasteiger partial charge in [0.1, 0.15) is 17.2 Å². The van der Waals surface area contributed by atoms with Crippen LogP contribution < -0.4 is 15.0 Å². The summed E-state index contributed by atoms with van der Waals surface area (Å²) in [7, 11) is 1.53. The molecule has 0 aliphatic carbocycles. The van der Waals surface area contributed by atoms with E-state index in [1.165, 1.54) is 31.4 Å². The van der Waals surface area contributed by atoms with Crippen molar-refractivity contribution >= 4 is 40.1 Å². The number of carbonyl (C=O) groups is 3. The van der Waals surface area contributed by atoms with Crippen molar-refractivity contribution in [3.05, 3.63) is 136 Å². The Bertz CT molecular complexity index is 1900. The molecule has 9 nitrogen and oxygen atoms in total. The predicted molar refractivity (Wildman–Crippen MR) is 165 cm³/mol. The second-order valence-electron chi connectivity index (χ2n) is 11.3. The molecule has 1 N–H and O–H groups in total. The summed E-state index contributed by atoms with van der Waals surface area (Å²) in [6.45, 7) is 1.97. The van der Waals surface area contributed by atoms with Crippen LogP contribution in [0.5, 0.6) is 5.75 Å². The first-order chi connectivity index (χ1) is 21.3. The third kappa shape index (κ3) is 3.75. The highest BCUT2D eigenvalue weighted by Crippen LogP contribution is 2.58. The van der Waals surface area contributed by atoms with E-state index in [0.29, 0.717) is 22.6 Å². The van der Waals surface area contributed by atoms with Gasteiger partial charge in [0.15, 0.2) is 11.6 Å². The smallest absolute Gasteiger partial charge is 0.269 e. The van der Waals surface area contributed by atoms with E-state index in [1.807, 2.05) is 60.4 Å². The number of carbonyl (C=O) groups excluding carboxylic acids is 3. The molecule has 1 fully saturated rings. The first-order valence-electron chi connectivity index (χ1n) is 14.2. The summed E-state index contributed by atoms with van der Waals surface area (Å²) >= 11 is 0. The van der Waals surface area contributed by atoms with Crippen LogP contribution in [-0.2, 0) is 10.2 Å². The molecule has 4 aromatic carbocycles. The first-order valence-corrected chi connectivity index (χ1v) is 14.2. The van der Waals surface area contributed by atoms with E-state index in [9.17, 15) is 24.5 Å². The van der Waals surface area contributed by atoms with Gasteiger partial charge in [0.2, 0.25) is 5.91 Å². The lowest BCUT2D eigenvalue weighted by atomic mass is 9.64. The van der Waals surface area contributed by atoms with Gasteiger partial charge in [0.05, 0.1) is 24.0 Å². The highest BCUT2D eigenvalue weighted by atomic mass is 16.6. The molecule has 0 saturated carbocycles. The highest BCUT2D eigenvalue weighted by Gasteiger charge is 2.70. The average Bonchev–Trinajstić information content (AvgIpc) is 3.52. The molecule has 3 aliphatic heterocycles. The molecule has 218 valence electrons. The van der Waals surface area contributed by atoms with Gasteiger partial charge in [-0.15, -0.1) is 0 Å². The van der Waals surface area contributed by atoms with Crippen LogP contribution >= 0.6 is 0 Å². The number of ketones is 2. The molecule has 0 bridgehead atoms. The highest BCUT2D eigenvalue weighted by molar-refractivity contribution is 6.18. The fraction of sp³-hybridized carbons (Fsp3) is 0.171. The first kappa shape index (κ1) is 27.3. The van der Waals surface area contributed by atoms with E-state index in [1.54, 1.807) is 30.3 Å². The number of allylic oxidation sites excluding steroid dienone is 1. The molecular weight excluding hydrogens is 558 g/mol. The van der Waals surface area contributed by atoms with Crippen LogP contribution in [0.2, 0.25) is 0 Å². The summed E-state index contributed by atoms with van der Waals surface area (Å²) in [5.74, 6) is -1.72. The molecule has 1 spiro atoms. The van der Waals surface area contributed by atoms with Crippen LogP contribution in [0.1, 0.15) is 38.8 Å². The topological polar surface area (TPSA) is 119 Å². The normalized spacial score (nSPS) is 22.9. The Kier molecular flexibility index (Phi) is 6.21. The van der Waals surface area contributed by atoms with E-state index in [-0.39, 0.29) is 22.9 Å². The number of benzene rings is 4. The maximum Gasteiger partial charge on any atom is 0.269 e. The SMILES string of the molecule is COc1ccc(C(=O)[C@@H]2[C@@H](C(=O)c3ccc([N+](=O)[O-])cc3)N3c4ccccc4C(C)=C[C@@H]3[C@@]23C(=O)Nc2ccccc23)cc1. The fourth-order valence-electron chi connectivity index (χ4n) is 7.24. The van der Waals surface area contributed by atoms with Gasteiger partial charge < -0.3 is 15.0 Å². The number of methoxy groups -OCH3 is 1. The van der Waals surface area contributed by atoms with Gasteiger partial charge in [-0.05, 0) is 66.6 Å². The van der Waals surface area contributed by atoms with Crippen molar-refractivity contribution < 1.29 is 24.0 Å². The van der Waals surface area contributed by atoms with Crippen molar-refractivity contribution in [2.45, 2.75) is 24.4 Å². The second-order valence-corrected chi connectivity index (χ2v) is 11.3. The summed E-state index contributed by atoms with van der Waals surface area (Å²) in [6.07, 6.45) is 1.99. The maximum atomic E-state index is 14.9. The molecule has 0 unspecified atom stereocenters. The van der Waals surface area contributed by atoms with Gasteiger partial charge in [0.25, 0.3) is 5.69 Å². The van der Waals surface area contributed by atoms with Crippen molar-refractivity contribution in [3.63, 3.8) is 0 Å². The molecule has 0 aromatic heterocycles. The number of nitro groups is 1. The molecular formula is C35H27N3O6. The lowest BCUT2D eigenvalue weighted by Crippen LogP contribution is -2.51. The van der Waals surface area contributed by atoms with Gasteiger partial charge in [0, 0.05) is 40.2 Å². The van der Waals surface area contributed by atoms with Crippen LogP contribution in [0.15, 0.2) is 103 Å². The molecule has 7 rings (SSSR count). The van der Waals surface area contributed by atoms with Crippen molar-refractivity contribution in [2.24, 2.45) is 5.92 Å². The van der Waals surface area contributed by atoms with Crippen molar-refractivity contribution in [2.75, 3.05) is 17.3 Å². The summed E-state index contributed by atoms with van der Waals surface area (Å²) in [5, 5.41) is 14.4. The van der Waals surface area contributed by atoms with E-state index >= 15 is 0 Å². The Hall–Kier alpha value is -5.57.